The van der Waals surface area contributed by atoms with Gasteiger partial charge in [0.1, 0.15) is 11.6 Å². The number of anilines is 1. The average Bonchev–Trinajstić information content (AvgIpc) is 1.52. The number of fused-ring (bicyclic) bond motifs is 25. The predicted molar refractivity (Wildman–Crippen MR) is 375 cm³/mol. The molecule has 0 aliphatic carbocycles. The van der Waals surface area contributed by atoms with Crippen LogP contribution in [0.5, 0.6) is 0 Å². The van der Waals surface area contributed by atoms with Crippen LogP contribution < -0.4 is 10.6 Å². The topological polar surface area (TPSA) is 78.6 Å². The Morgan fingerprint density at radius 1 is 0.330 bits per heavy atom. The van der Waals surface area contributed by atoms with Crippen LogP contribution in [0.1, 0.15) is 17.8 Å². The number of hydrogen-bond donors (Lipinski definition) is 2. The quantitative estimate of drug-likeness (QED) is 0.169. The minimum Gasteiger partial charge on any atom is -0.366 e. The number of benzene rings is 13. The van der Waals surface area contributed by atoms with Gasteiger partial charge in [0.25, 0.3) is 0 Å². The molecule has 422 valence electrons. The van der Waals surface area contributed by atoms with Gasteiger partial charge in [-0.2, -0.15) is 0 Å². The zero-order valence-electron chi connectivity index (χ0n) is 48.8. The summed E-state index contributed by atoms with van der Waals surface area (Å²) in [5.74, 6) is 0. The number of aromatic nitrogens is 7. The Labute approximate surface area is 518 Å². The highest BCUT2D eigenvalue weighted by Gasteiger charge is 2.45. The number of nitrogens with two attached hydrogens (primary N) is 1. The third-order valence-electron chi connectivity index (χ3n) is 20.5. The fourth-order valence-electron chi connectivity index (χ4n) is 16.7. The van der Waals surface area contributed by atoms with E-state index < -0.39 is 0 Å². The van der Waals surface area contributed by atoms with Gasteiger partial charge in [-0.15, -0.1) is 0 Å². The average molecular weight is 1160 g/mol. The van der Waals surface area contributed by atoms with Crippen LogP contribution in [0.3, 0.4) is 0 Å². The van der Waals surface area contributed by atoms with Crippen molar-refractivity contribution in [3.8, 4) is 39.3 Å². The number of nitrogens with one attached hydrogen (secondary N) is 1. The summed E-state index contributed by atoms with van der Waals surface area (Å²) in [6, 6.07) is 101. The minimum absolute atomic E-state index is 0.00808. The van der Waals surface area contributed by atoms with E-state index >= 15 is 0 Å². The van der Waals surface area contributed by atoms with Gasteiger partial charge in [0.15, 0.2) is 17.5 Å². The van der Waals surface area contributed by atoms with Gasteiger partial charge < -0.3 is 19.0 Å². The standard InChI is InChI=1S/C82H49N9/c1-3-16-46(17-4-1)47-30-34-51(35-31-47)89-68-29-14-8-21-54(68)60-45-61-56-37-32-49(43-71(56)90-80(61)74(79(60)89)76-82(90)86-66-27-12-10-25-64(66)84-76)48-33-40-69-62(42-48)73-70(88(69)52-36-38-55-53-20-7-13-28-67(53)87(72(55)44-52)50-18-5-2-6-19-50)41-39-58-57-22-15-23-59-75-81(91(77(57)59)78(58)73)85-65-26-11-9-24-63(65)83-75/h1-45,76,82,84,86H/p+1. The third-order valence-corrected chi connectivity index (χ3v) is 20.5. The van der Waals surface area contributed by atoms with E-state index in [0.29, 0.717) is 0 Å². The molecule has 13 aromatic carbocycles. The summed E-state index contributed by atoms with van der Waals surface area (Å²) in [5, 5.41) is 20.0. The maximum absolute atomic E-state index is 5.48. The number of quaternary nitrogens is 1. The highest BCUT2D eigenvalue weighted by atomic mass is 15.3. The summed E-state index contributed by atoms with van der Waals surface area (Å²) in [6.45, 7) is 0. The van der Waals surface area contributed by atoms with Gasteiger partial charge in [0.05, 0.1) is 71.9 Å². The van der Waals surface area contributed by atoms with Crippen molar-refractivity contribution < 1.29 is 5.32 Å². The van der Waals surface area contributed by atoms with E-state index in [1.54, 1.807) is 0 Å². The van der Waals surface area contributed by atoms with Crippen LogP contribution in [-0.2, 0) is 0 Å². The van der Waals surface area contributed by atoms with Gasteiger partial charge in [-0.3, -0.25) is 14.3 Å². The second-order valence-corrected chi connectivity index (χ2v) is 25.1. The van der Waals surface area contributed by atoms with E-state index in [-0.39, 0.29) is 12.2 Å². The minimum atomic E-state index is -0.0171. The molecular formula is C82H50N9+. The van der Waals surface area contributed by atoms with Crippen LogP contribution in [-0.4, -0.2) is 32.6 Å². The molecule has 2 atom stereocenters. The molecule has 20 aromatic rings. The van der Waals surface area contributed by atoms with E-state index in [0.717, 1.165) is 89.0 Å². The fraction of sp³-hybridized carbons (Fsp3) is 0.0244. The zero-order valence-corrected chi connectivity index (χ0v) is 48.8. The Hall–Kier alpha value is -12.0. The number of nitrogens with zero attached hydrogens (tertiary/aromatic N) is 7. The molecule has 0 amide bonds. The molecule has 9 heterocycles. The molecule has 9 nitrogen and oxygen atoms in total. The largest absolute Gasteiger partial charge is 0.366 e. The van der Waals surface area contributed by atoms with Gasteiger partial charge in [-0.25, -0.2) is 9.97 Å². The molecule has 2 aliphatic rings. The first-order valence-electron chi connectivity index (χ1n) is 31.5. The molecule has 0 spiro atoms. The van der Waals surface area contributed by atoms with Crippen LogP contribution in [0.15, 0.2) is 273 Å². The number of rotatable bonds is 5. The second-order valence-electron chi connectivity index (χ2n) is 25.1. The van der Waals surface area contributed by atoms with E-state index in [4.69, 9.17) is 9.97 Å². The normalized spacial score (nSPS) is 14.9. The zero-order chi connectivity index (χ0) is 58.9. The van der Waals surface area contributed by atoms with E-state index in [9.17, 15) is 0 Å². The summed E-state index contributed by atoms with van der Waals surface area (Å²) in [6.07, 6.45) is 0.00808. The maximum atomic E-state index is 5.48. The first-order chi connectivity index (χ1) is 45.1. The van der Waals surface area contributed by atoms with Crippen molar-refractivity contribution in [1.82, 2.24) is 32.6 Å². The van der Waals surface area contributed by atoms with Crippen molar-refractivity contribution in [2.45, 2.75) is 12.2 Å². The molecule has 91 heavy (non-hydrogen) atoms. The molecular weight excluding hydrogens is 1110 g/mol. The molecule has 2 unspecified atom stereocenters. The fourth-order valence-corrected chi connectivity index (χ4v) is 16.7. The summed E-state index contributed by atoms with van der Waals surface area (Å²) in [7, 11) is 0. The molecule has 0 radical (unpaired) electrons. The lowest BCUT2D eigenvalue weighted by molar-refractivity contribution is -0.638. The molecule has 7 aromatic heterocycles. The van der Waals surface area contributed by atoms with Gasteiger partial charge >= 0.3 is 0 Å². The lowest BCUT2D eigenvalue weighted by Gasteiger charge is -2.29. The summed E-state index contributed by atoms with van der Waals surface area (Å²) >= 11 is 0. The van der Waals surface area contributed by atoms with Gasteiger partial charge in [0.2, 0.25) is 0 Å². The summed E-state index contributed by atoms with van der Waals surface area (Å²) in [4.78, 5) is 10.8. The van der Waals surface area contributed by atoms with E-state index in [2.05, 4.69) is 306 Å². The summed E-state index contributed by atoms with van der Waals surface area (Å²) < 4.78 is 12.6. The van der Waals surface area contributed by atoms with Crippen LogP contribution >= 0.6 is 0 Å². The number of hydrogen-bond acceptors (Lipinski definition) is 3. The first-order valence-corrected chi connectivity index (χ1v) is 31.5. The van der Waals surface area contributed by atoms with Gasteiger partial charge in [-0.05, 0) is 119 Å². The molecule has 9 heteroatoms. The molecule has 0 saturated carbocycles. The molecule has 0 saturated heterocycles. The molecule has 3 N–H and O–H groups in total. The van der Waals surface area contributed by atoms with Crippen molar-refractivity contribution in [1.29, 1.82) is 0 Å². The van der Waals surface area contributed by atoms with Crippen LogP contribution in [0, 0.1) is 0 Å². The lowest BCUT2D eigenvalue weighted by atomic mass is 9.96. The van der Waals surface area contributed by atoms with Crippen LogP contribution in [0.25, 0.3) is 176 Å². The number of para-hydroxylation sites is 8. The Bertz CT molecular complexity index is 6580. The smallest absolute Gasteiger partial charge is 0.195 e. The van der Waals surface area contributed by atoms with Gasteiger partial charge in [0, 0.05) is 87.9 Å². The van der Waals surface area contributed by atoms with Crippen LogP contribution in [0.4, 0.5) is 11.4 Å². The van der Waals surface area contributed by atoms with Gasteiger partial charge in [-0.1, -0.05) is 170 Å². The van der Waals surface area contributed by atoms with Crippen molar-refractivity contribution >= 4 is 148 Å². The monoisotopic (exact) mass is 1160 g/mol. The first kappa shape index (κ1) is 48.0. The molecule has 0 bridgehead atoms. The third kappa shape index (κ3) is 6.26. The molecule has 22 rings (SSSR count). The Kier molecular flexibility index (Phi) is 9.18. The summed E-state index contributed by atoms with van der Waals surface area (Å²) in [5.41, 5.74) is 27.2. The molecule has 0 fully saturated rings. The van der Waals surface area contributed by atoms with E-state index in [1.807, 2.05) is 0 Å². The Morgan fingerprint density at radius 2 is 0.901 bits per heavy atom. The maximum Gasteiger partial charge on any atom is 0.195 e. The highest BCUT2D eigenvalue weighted by molar-refractivity contribution is 6.31. The molecule has 2 aliphatic heterocycles. The predicted octanol–water partition coefficient (Wildman–Crippen LogP) is 19.4. The second kappa shape index (κ2) is 17.4. The van der Waals surface area contributed by atoms with Crippen molar-refractivity contribution in [3.05, 3.63) is 279 Å². The van der Waals surface area contributed by atoms with Crippen molar-refractivity contribution in [2.24, 2.45) is 0 Å². The lowest BCUT2D eigenvalue weighted by Crippen LogP contribution is -2.83. The SMILES string of the molecule is c1ccc(-c2ccc(-n3c4ccccc4c4cc5c6ccc(-c7ccc8c(c7)c7c(ccc9c%10cccc%11c%12nc%13ccccc%13nc%12n(c%10%11)c97)n8-c7ccc8c9ccccc9n(-c9ccccc9)c8c7)cc6n6c5c(c43)C3Nc4ccccc4[NH2+]C36)cc2)cc1. The van der Waals surface area contributed by atoms with E-state index in [1.165, 1.54) is 104 Å². The Morgan fingerprint density at radius 3 is 1.76 bits per heavy atom. The van der Waals surface area contributed by atoms with Crippen molar-refractivity contribution in [3.63, 3.8) is 0 Å². The Balaban J connectivity index is 0.811. The van der Waals surface area contributed by atoms with Crippen LogP contribution in [0.2, 0.25) is 0 Å². The highest BCUT2D eigenvalue weighted by Crippen LogP contribution is 2.53. The van der Waals surface area contributed by atoms with Crippen molar-refractivity contribution in [2.75, 3.05) is 5.32 Å².